The van der Waals surface area contributed by atoms with Crippen molar-refractivity contribution in [1.29, 1.82) is 0 Å². The third-order valence-corrected chi connectivity index (χ3v) is 3.64. The fourth-order valence-corrected chi connectivity index (χ4v) is 2.43. The van der Waals surface area contributed by atoms with E-state index in [-0.39, 0.29) is 0 Å². The van der Waals surface area contributed by atoms with Crippen molar-refractivity contribution in [2.75, 3.05) is 18.3 Å². The minimum Gasteiger partial charge on any atom is -0.497 e. The molecule has 0 aliphatic carbocycles. The van der Waals surface area contributed by atoms with Crippen LogP contribution in [0.1, 0.15) is 5.56 Å². The number of thiazole rings is 1. The second-order valence-corrected chi connectivity index (χ2v) is 5.18. The second-order valence-electron chi connectivity index (χ2n) is 4.32. The molecule has 3 rings (SSSR count). The summed E-state index contributed by atoms with van der Waals surface area (Å²) in [4.78, 5) is 4.08. The van der Waals surface area contributed by atoms with Crippen LogP contribution < -0.4 is 15.9 Å². The number of anilines is 2. The first-order valence-electron chi connectivity index (χ1n) is 6.44. The highest BCUT2D eigenvalue weighted by molar-refractivity contribution is 7.14. The molecule has 0 aliphatic heterocycles. The molecule has 2 aromatic heterocycles. The number of nitrogens with two attached hydrogens (primary N) is 1. The second kappa shape index (κ2) is 6.27. The third kappa shape index (κ3) is 3.07. The molecule has 0 radical (unpaired) electrons. The normalized spacial score (nSPS) is 11.0. The Morgan fingerprint density at radius 1 is 1.45 bits per heavy atom. The average Bonchev–Trinajstić information content (AvgIpc) is 3.19. The lowest BCUT2D eigenvalue weighted by Crippen LogP contribution is -2.01. The van der Waals surface area contributed by atoms with Crippen molar-refractivity contribution in [3.8, 4) is 11.4 Å². The zero-order valence-electron chi connectivity index (χ0n) is 11.8. The molecule has 1 aromatic carbocycles. The van der Waals surface area contributed by atoms with Crippen molar-refractivity contribution >= 4 is 28.5 Å². The summed E-state index contributed by atoms with van der Waals surface area (Å²) < 4.78 is 7.02. The molecule has 112 valence electrons. The Morgan fingerprint density at radius 2 is 2.36 bits per heavy atom. The summed E-state index contributed by atoms with van der Waals surface area (Å²) in [5, 5.41) is 10.8. The standard InChI is InChI=1S/C14H14N6OS/c1-21-11-3-4-12(20-6-2-5-17-20)10(7-11)8-16-19-14-18-13(15)9-22-14/h2-9H,15H2,1H3,(H,18,19). The topological polar surface area (TPSA) is 90.3 Å². The van der Waals surface area contributed by atoms with Gasteiger partial charge in [-0.2, -0.15) is 10.2 Å². The maximum Gasteiger partial charge on any atom is 0.205 e. The largest absolute Gasteiger partial charge is 0.497 e. The Kier molecular flexibility index (Phi) is 4.01. The van der Waals surface area contributed by atoms with Gasteiger partial charge in [-0.15, -0.1) is 11.3 Å². The first-order valence-corrected chi connectivity index (χ1v) is 7.32. The van der Waals surface area contributed by atoms with Crippen molar-refractivity contribution in [2.24, 2.45) is 5.10 Å². The van der Waals surface area contributed by atoms with E-state index in [9.17, 15) is 0 Å². The monoisotopic (exact) mass is 314 g/mol. The quantitative estimate of drug-likeness (QED) is 0.557. The molecule has 0 amide bonds. The van der Waals surface area contributed by atoms with E-state index < -0.39 is 0 Å². The van der Waals surface area contributed by atoms with E-state index in [0.29, 0.717) is 10.9 Å². The van der Waals surface area contributed by atoms with Crippen LogP contribution in [0.15, 0.2) is 47.1 Å². The maximum absolute atomic E-state index is 5.57. The Labute approximate surface area is 131 Å². The van der Waals surface area contributed by atoms with Gasteiger partial charge in [-0.1, -0.05) is 0 Å². The number of aromatic nitrogens is 3. The first kappa shape index (κ1) is 14.1. The lowest BCUT2D eigenvalue weighted by Gasteiger charge is -2.08. The van der Waals surface area contributed by atoms with E-state index in [1.807, 2.05) is 30.5 Å². The van der Waals surface area contributed by atoms with Crippen LogP contribution in [0.25, 0.3) is 5.69 Å². The number of hydrogen-bond acceptors (Lipinski definition) is 7. The molecule has 3 aromatic rings. The van der Waals surface area contributed by atoms with Gasteiger partial charge in [0.25, 0.3) is 0 Å². The molecular formula is C14H14N6OS. The molecular weight excluding hydrogens is 300 g/mol. The molecule has 3 N–H and O–H groups in total. The highest BCUT2D eigenvalue weighted by Crippen LogP contribution is 2.20. The summed E-state index contributed by atoms with van der Waals surface area (Å²) in [5.74, 6) is 1.22. The van der Waals surface area contributed by atoms with Gasteiger partial charge in [0.05, 0.1) is 19.0 Å². The number of nitrogens with one attached hydrogen (secondary N) is 1. The summed E-state index contributed by atoms with van der Waals surface area (Å²) in [6, 6.07) is 7.55. The van der Waals surface area contributed by atoms with E-state index in [1.165, 1.54) is 11.3 Å². The average molecular weight is 314 g/mol. The molecule has 0 saturated heterocycles. The fourth-order valence-electron chi connectivity index (χ4n) is 1.88. The van der Waals surface area contributed by atoms with E-state index in [0.717, 1.165) is 17.0 Å². The molecule has 2 heterocycles. The number of hydrazone groups is 1. The van der Waals surface area contributed by atoms with Gasteiger partial charge in [0.1, 0.15) is 11.6 Å². The van der Waals surface area contributed by atoms with Crippen molar-refractivity contribution < 1.29 is 4.74 Å². The van der Waals surface area contributed by atoms with E-state index in [4.69, 9.17) is 10.5 Å². The zero-order chi connectivity index (χ0) is 15.4. The summed E-state index contributed by atoms with van der Waals surface area (Å²) >= 11 is 1.39. The number of benzene rings is 1. The molecule has 0 bridgehead atoms. The van der Waals surface area contributed by atoms with Crippen LogP contribution in [-0.4, -0.2) is 28.1 Å². The number of hydrogen-bond donors (Lipinski definition) is 2. The number of ether oxygens (including phenoxy) is 1. The third-order valence-electron chi connectivity index (χ3n) is 2.87. The fraction of sp³-hybridized carbons (Fsp3) is 0.0714. The van der Waals surface area contributed by atoms with Gasteiger partial charge in [0, 0.05) is 23.3 Å². The summed E-state index contributed by atoms with van der Waals surface area (Å²) in [7, 11) is 1.63. The minimum absolute atomic E-state index is 0.473. The number of rotatable bonds is 5. The van der Waals surface area contributed by atoms with Gasteiger partial charge >= 0.3 is 0 Å². The Morgan fingerprint density at radius 3 is 3.05 bits per heavy atom. The van der Waals surface area contributed by atoms with Crippen molar-refractivity contribution in [2.45, 2.75) is 0 Å². The van der Waals surface area contributed by atoms with Gasteiger partial charge in [0.2, 0.25) is 5.13 Å². The Balaban J connectivity index is 1.87. The highest BCUT2D eigenvalue weighted by Gasteiger charge is 2.05. The van der Waals surface area contributed by atoms with E-state index in [2.05, 4.69) is 20.6 Å². The van der Waals surface area contributed by atoms with Crippen molar-refractivity contribution in [3.63, 3.8) is 0 Å². The van der Waals surface area contributed by atoms with Crippen LogP contribution in [0.3, 0.4) is 0 Å². The molecule has 22 heavy (non-hydrogen) atoms. The summed E-state index contributed by atoms with van der Waals surface area (Å²) in [6.07, 6.45) is 5.28. The smallest absolute Gasteiger partial charge is 0.205 e. The first-order chi connectivity index (χ1) is 10.8. The number of nitrogens with zero attached hydrogens (tertiary/aromatic N) is 4. The van der Waals surface area contributed by atoms with Crippen LogP contribution >= 0.6 is 11.3 Å². The van der Waals surface area contributed by atoms with Crippen molar-refractivity contribution in [3.05, 3.63) is 47.6 Å². The zero-order valence-corrected chi connectivity index (χ0v) is 12.6. The summed E-state index contributed by atoms with van der Waals surface area (Å²) in [5.41, 5.74) is 10.2. The molecule has 0 saturated carbocycles. The highest BCUT2D eigenvalue weighted by atomic mass is 32.1. The van der Waals surface area contributed by atoms with Crippen molar-refractivity contribution in [1.82, 2.24) is 14.8 Å². The molecule has 0 atom stereocenters. The number of methoxy groups -OCH3 is 1. The molecule has 0 spiro atoms. The predicted octanol–water partition coefficient (Wildman–Crippen LogP) is 2.37. The number of nitrogen functional groups attached to an aromatic ring is 1. The van der Waals surface area contributed by atoms with Gasteiger partial charge in [-0.25, -0.2) is 9.67 Å². The van der Waals surface area contributed by atoms with E-state index in [1.54, 1.807) is 29.6 Å². The van der Waals surface area contributed by atoms with Crippen LogP contribution in [0.4, 0.5) is 10.9 Å². The Hall–Kier alpha value is -2.87. The lowest BCUT2D eigenvalue weighted by atomic mass is 10.2. The minimum atomic E-state index is 0.473. The lowest BCUT2D eigenvalue weighted by molar-refractivity contribution is 0.414. The summed E-state index contributed by atoms with van der Waals surface area (Å²) in [6.45, 7) is 0. The van der Waals surface area contributed by atoms with Crippen LogP contribution in [-0.2, 0) is 0 Å². The van der Waals surface area contributed by atoms with Crippen LogP contribution in [0.5, 0.6) is 5.75 Å². The van der Waals surface area contributed by atoms with Crippen LogP contribution in [0, 0.1) is 0 Å². The van der Waals surface area contributed by atoms with Crippen LogP contribution in [0.2, 0.25) is 0 Å². The molecule has 7 nitrogen and oxygen atoms in total. The maximum atomic E-state index is 5.57. The SMILES string of the molecule is COc1ccc(-n2cccn2)c(C=NNc2nc(N)cs2)c1. The molecule has 0 unspecified atom stereocenters. The predicted molar refractivity (Wildman–Crippen MR) is 87.9 cm³/mol. The van der Waals surface area contributed by atoms with Gasteiger partial charge in [-0.05, 0) is 24.3 Å². The molecule has 8 heteroatoms. The molecule has 0 aliphatic rings. The van der Waals surface area contributed by atoms with Gasteiger partial charge in [0.15, 0.2) is 0 Å². The van der Waals surface area contributed by atoms with E-state index >= 15 is 0 Å². The molecule has 0 fully saturated rings. The Bertz CT molecular complexity index is 780. The van der Waals surface area contributed by atoms with Gasteiger partial charge < -0.3 is 10.5 Å². The van der Waals surface area contributed by atoms with Gasteiger partial charge in [-0.3, -0.25) is 5.43 Å².